The van der Waals surface area contributed by atoms with Gasteiger partial charge in [0.05, 0.1) is 24.9 Å². The van der Waals surface area contributed by atoms with E-state index in [4.69, 9.17) is 9.47 Å². The molecule has 10 heteroatoms. The van der Waals surface area contributed by atoms with Crippen molar-refractivity contribution < 1.29 is 14.3 Å². The highest BCUT2D eigenvalue weighted by atomic mass is 16.6. The van der Waals surface area contributed by atoms with Gasteiger partial charge in [0.1, 0.15) is 11.9 Å². The van der Waals surface area contributed by atoms with Crippen LogP contribution in [0.5, 0.6) is 0 Å². The Balaban J connectivity index is 1.18. The van der Waals surface area contributed by atoms with E-state index in [0.717, 1.165) is 81.2 Å². The third kappa shape index (κ3) is 4.29. The van der Waals surface area contributed by atoms with Crippen LogP contribution in [0.25, 0.3) is 16.8 Å². The number of rotatable bonds is 7. The Morgan fingerprint density at radius 3 is 3.03 bits per heavy atom. The van der Waals surface area contributed by atoms with Crippen LogP contribution >= 0.6 is 0 Å². The molecule has 5 rings (SSSR count). The zero-order valence-electron chi connectivity index (χ0n) is 18.5. The molecule has 2 fully saturated rings. The van der Waals surface area contributed by atoms with Gasteiger partial charge in [0, 0.05) is 31.7 Å². The average molecular weight is 442 g/mol. The van der Waals surface area contributed by atoms with Crippen LogP contribution in [0.2, 0.25) is 0 Å². The lowest BCUT2D eigenvalue weighted by Crippen LogP contribution is -2.38. The highest BCUT2D eigenvalue weighted by molar-refractivity contribution is 5.74. The van der Waals surface area contributed by atoms with E-state index < -0.39 is 0 Å². The van der Waals surface area contributed by atoms with E-state index in [1.54, 1.807) is 6.20 Å². The predicted molar refractivity (Wildman–Crippen MR) is 119 cm³/mol. The van der Waals surface area contributed by atoms with E-state index in [0.29, 0.717) is 12.5 Å². The molecule has 2 aliphatic rings. The first-order valence-electron chi connectivity index (χ1n) is 11.6. The molecule has 172 valence electrons. The first-order valence-corrected chi connectivity index (χ1v) is 11.6. The quantitative estimate of drug-likeness (QED) is 0.542. The molecule has 3 aromatic rings. The molecular weight excluding hydrogens is 410 g/mol. The van der Waals surface area contributed by atoms with E-state index >= 15 is 0 Å². The second-order valence-corrected chi connectivity index (χ2v) is 8.73. The molecule has 0 bridgehead atoms. The number of aromatic amines is 1. The maximum Gasteiger partial charge on any atom is 0.407 e. The number of ether oxygens (including phenoxy) is 2. The van der Waals surface area contributed by atoms with Gasteiger partial charge < -0.3 is 19.8 Å². The number of aromatic nitrogens is 5. The van der Waals surface area contributed by atoms with E-state index in [1.807, 2.05) is 12.3 Å². The first-order chi connectivity index (χ1) is 15.7. The number of amides is 1. The topological polar surface area (TPSA) is 110 Å². The monoisotopic (exact) mass is 441 g/mol. The van der Waals surface area contributed by atoms with Gasteiger partial charge in [-0.2, -0.15) is 0 Å². The molecule has 1 saturated heterocycles. The number of hydrogen-bond donors (Lipinski definition) is 2. The molecule has 10 nitrogen and oxygen atoms in total. The number of hydrogen-bond acceptors (Lipinski definition) is 7. The van der Waals surface area contributed by atoms with Gasteiger partial charge in [0.15, 0.2) is 11.3 Å². The van der Waals surface area contributed by atoms with Crippen LogP contribution in [0.15, 0.2) is 18.5 Å². The number of nitrogens with zero attached hydrogens (tertiary/aromatic N) is 5. The number of morpholine rings is 1. The highest BCUT2D eigenvalue weighted by Crippen LogP contribution is 2.42. The van der Waals surface area contributed by atoms with E-state index in [-0.39, 0.29) is 18.1 Å². The van der Waals surface area contributed by atoms with Gasteiger partial charge in [-0.15, -0.1) is 10.2 Å². The van der Waals surface area contributed by atoms with Crippen LogP contribution in [0.3, 0.4) is 0 Å². The maximum absolute atomic E-state index is 12.4. The Morgan fingerprint density at radius 1 is 1.31 bits per heavy atom. The van der Waals surface area contributed by atoms with E-state index in [9.17, 15) is 4.79 Å². The summed E-state index contributed by atoms with van der Waals surface area (Å²) >= 11 is 0. The number of alkyl carbamates (subject to hydrolysis) is 1. The van der Waals surface area contributed by atoms with Crippen molar-refractivity contribution in [3.8, 4) is 0 Å². The maximum atomic E-state index is 12.4. The van der Waals surface area contributed by atoms with Crippen LogP contribution in [0.4, 0.5) is 4.79 Å². The van der Waals surface area contributed by atoms with Crippen molar-refractivity contribution in [2.45, 2.75) is 44.6 Å². The smallest absolute Gasteiger partial charge is 0.407 e. The zero-order valence-corrected chi connectivity index (χ0v) is 18.5. The minimum atomic E-state index is -0.323. The molecule has 3 atom stereocenters. The lowest BCUT2D eigenvalue weighted by Gasteiger charge is -2.26. The number of H-pyrrole nitrogens is 1. The Hall–Kier alpha value is -2.72. The standard InChI is InChI=1S/C22H31N7O3/c1-2-15-12-16(32-22(30)24-5-3-7-28-8-10-31-11-9-28)13-17(15)21-27-26-19-14-25-20-18(29(19)21)4-6-23-20/h4,6,14-17,23H,2-3,5,7-13H2,1H3,(H,24,30)/t15-,16+,17+/m1/s1. The van der Waals surface area contributed by atoms with Crippen molar-refractivity contribution in [1.82, 2.24) is 34.8 Å². The summed E-state index contributed by atoms with van der Waals surface area (Å²) in [5, 5.41) is 11.8. The molecule has 0 aromatic carbocycles. The summed E-state index contributed by atoms with van der Waals surface area (Å²) in [6.45, 7) is 7.30. The van der Waals surface area contributed by atoms with Crippen molar-refractivity contribution in [3.63, 3.8) is 0 Å². The highest BCUT2D eigenvalue weighted by Gasteiger charge is 2.39. The minimum absolute atomic E-state index is 0.111. The molecule has 3 aromatic heterocycles. The SMILES string of the molecule is CC[C@@H]1C[C@H](OC(=O)NCCCN2CCOCC2)C[C@@H]1c1nnc2cnc3[nH]ccc3n12. The molecule has 2 N–H and O–H groups in total. The lowest BCUT2D eigenvalue weighted by molar-refractivity contribution is 0.0372. The predicted octanol–water partition coefficient (Wildman–Crippen LogP) is 2.33. The number of fused-ring (bicyclic) bond motifs is 3. The van der Waals surface area contributed by atoms with Crippen molar-refractivity contribution in [1.29, 1.82) is 0 Å². The summed E-state index contributed by atoms with van der Waals surface area (Å²) in [5.74, 6) is 1.51. The second-order valence-electron chi connectivity index (χ2n) is 8.73. The molecule has 0 radical (unpaired) electrons. The molecular formula is C22H31N7O3. The van der Waals surface area contributed by atoms with Crippen LogP contribution < -0.4 is 5.32 Å². The van der Waals surface area contributed by atoms with Crippen molar-refractivity contribution in [3.05, 3.63) is 24.3 Å². The third-order valence-corrected chi connectivity index (χ3v) is 6.77. The van der Waals surface area contributed by atoms with Gasteiger partial charge in [-0.3, -0.25) is 9.30 Å². The summed E-state index contributed by atoms with van der Waals surface area (Å²) in [4.78, 5) is 22.3. The summed E-state index contributed by atoms with van der Waals surface area (Å²) in [6, 6.07) is 2.00. The fourth-order valence-corrected chi connectivity index (χ4v) is 5.09. The Labute approximate surface area is 186 Å². The Bertz CT molecular complexity index is 1060. The number of carbonyl (C=O) groups is 1. The van der Waals surface area contributed by atoms with E-state index in [2.05, 4.69) is 41.7 Å². The molecule has 1 aliphatic heterocycles. The van der Waals surface area contributed by atoms with Crippen molar-refractivity contribution in [2.24, 2.45) is 5.92 Å². The summed E-state index contributed by atoms with van der Waals surface area (Å²) in [6.07, 6.45) is 6.70. The number of carbonyl (C=O) groups excluding carboxylic acids is 1. The number of nitrogens with one attached hydrogen (secondary N) is 2. The molecule has 0 unspecified atom stereocenters. The zero-order chi connectivity index (χ0) is 21.9. The fraction of sp³-hybridized carbons (Fsp3) is 0.636. The average Bonchev–Trinajstić information content (AvgIpc) is 3.54. The summed E-state index contributed by atoms with van der Waals surface area (Å²) in [7, 11) is 0. The summed E-state index contributed by atoms with van der Waals surface area (Å²) < 4.78 is 13.2. The Morgan fingerprint density at radius 2 is 2.19 bits per heavy atom. The molecule has 1 amide bonds. The van der Waals surface area contributed by atoms with Crippen LogP contribution in [0, 0.1) is 5.92 Å². The Kier molecular flexibility index (Phi) is 6.22. The largest absolute Gasteiger partial charge is 0.446 e. The molecule has 0 spiro atoms. The normalized spacial score (nSPS) is 24.3. The third-order valence-electron chi connectivity index (χ3n) is 6.77. The van der Waals surface area contributed by atoms with Gasteiger partial charge in [-0.25, -0.2) is 9.78 Å². The van der Waals surface area contributed by atoms with Crippen molar-refractivity contribution in [2.75, 3.05) is 39.4 Å². The van der Waals surface area contributed by atoms with Gasteiger partial charge in [-0.05, 0) is 37.8 Å². The molecule has 4 heterocycles. The van der Waals surface area contributed by atoms with Gasteiger partial charge in [-0.1, -0.05) is 13.3 Å². The minimum Gasteiger partial charge on any atom is -0.446 e. The van der Waals surface area contributed by atoms with E-state index in [1.165, 1.54) is 0 Å². The second kappa shape index (κ2) is 9.41. The van der Waals surface area contributed by atoms with Crippen LogP contribution in [-0.4, -0.2) is 81.1 Å². The van der Waals surface area contributed by atoms with Crippen LogP contribution in [0.1, 0.15) is 44.3 Å². The lowest BCUT2D eigenvalue weighted by atomic mass is 9.93. The molecule has 32 heavy (non-hydrogen) atoms. The molecule has 1 aliphatic carbocycles. The van der Waals surface area contributed by atoms with Gasteiger partial charge in [0.2, 0.25) is 0 Å². The van der Waals surface area contributed by atoms with Gasteiger partial charge >= 0.3 is 6.09 Å². The molecule has 1 saturated carbocycles. The first kappa shape index (κ1) is 21.1. The van der Waals surface area contributed by atoms with Gasteiger partial charge in [0.25, 0.3) is 0 Å². The fourth-order valence-electron chi connectivity index (χ4n) is 5.09. The van der Waals surface area contributed by atoms with Crippen molar-refractivity contribution >= 4 is 22.9 Å². The van der Waals surface area contributed by atoms with Crippen LogP contribution in [-0.2, 0) is 9.47 Å². The summed E-state index contributed by atoms with van der Waals surface area (Å²) in [5.41, 5.74) is 2.53.